The lowest BCUT2D eigenvalue weighted by Crippen LogP contribution is -2.44. The zero-order chi connectivity index (χ0) is 21.9. The minimum atomic E-state index is -0.193. The summed E-state index contributed by atoms with van der Waals surface area (Å²) in [5, 5.41) is 1.08. The number of likely N-dealkylation sites (tertiary alicyclic amines) is 1. The van der Waals surface area contributed by atoms with Crippen LogP contribution in [0.3, 0.4) is 0 Å². The van der Waals surface area contributed by atoms with Gasteiger partial charge in [-0.1, -0.05) is 30.3 Å². The molecule has 5 nitrogen and oxygen atoms in total. The van der Waals surface area contributed by atoms with E-state index >= 15 is 0 Å². The van der Waals surface area contributed by atoms with Crippen LogP contribution in [0.25, 0.3) is 22.0 Å². The highest BCUT2D eigenvalue weighted by molar-refractivity contribution is 5.88. The van der Waals surface area contributed by atoms with Crippen LogP contribution in [-0.2, 0) is 16.0 Å². The van der Waals surface area contributed by atoms with Gasteiger partial charge >= 0.3 is 0 Å². The summed E-state index contributed by atoms with van der Waals surface area (Å²) in [6.07, 6.45) is 6.68. The monoisotopic (exact) mass is 430 g/mol. The number of carbonyl (C=O) groups is 1. The molecule has 2 aromatic carbocycles. The maximum Gasteiger partial charge on any atom is 0.251 e. The molecule has 2 aliphatic heterocycles. The lowest BCUT2D eigenvalue weighted by molar-refractivity contribution is -0.142. The predicted molar refractivity (Wildman–Crippen MR) is 126 cm³/mol. The van der Waals surface area contributed by atoms with Gasteiger partial charge in [0.15, 0.2) is 0 Å². The SMILES string of the molecule is COc1cc2cccnc2cc1-c1ccc(CC2CCN(C(=O)[C@H]3CCCO3)CC2)cc1. The van der Waals surface area contributed by atoms with Crippen LogP contribution in [0.4, 0.5) is 0 Å². The summed E-state index contributed by atoms with van der Waals surface area (Å²) >= 11 is 0. The van der Waals surface area contributed by atoms with Crippen LogP contribution in [0.1, 0.15) is 31.2 Å². The average molecular weight is 431 g/mol. The summed E-state index contributed by atoms with van der Waals surface area (Å²) in [5.41, 5.74) is 4.51. The Morgan fingerprint density at radius 2 is 1.94 bits per heavy atom. The zero-order valence-electron chi connectivity index (χ0n) is 18.6. The summed E-state index contributed by atoms with van der Waals surface area (Å²) in [6, 6.07) is 17.0. The zero-order valence-corrected chi connectivity index (χ0v) is 18.6. The number of piperidine rings is 1. The van der Waals surface area contributed by atoms with E-state index in [1.807, 2.05) is 17.2 Å². The van der Waals surface area contributed by atoms with E-state index in [2.05, 4.69) is 47.4 Å². The molecule has 1 amide bonds. The van der Waals surface area contributed by atoms with Crippen molar-refractivity contribution in [3.05, 3.63) is 60.3 Å². The second-order valence-corrected chi connectivity index (χ2v) is 8.92. The number of ether oxygens (including phenoxy) is 2. The molecule has 5 heteroatoms. The lowest BCUT2D eigenvalue weighted by atomic mass is 9.89. The number of aromatic nitrogens is 1. The number of hydrogen-bond acceptors (Lipinski definition) is 4. The summed E-state index contributed by atoms with van der Waals surface area (Å²) in [5.74, 6) is 1.68. The molecule has 166 valence electrons. The van der Waals surface area contributed by atoms with Crippen LogP contribution in [0, 0.1) is 5.92 Å². The van der Waals surface area contributed by atoms with Gasteiger partial charge in [0.1, 0.15) is 11.9 Å². The van der Waals surface area contributed by atoms with Crippen molar-refractivity contribution in [1.29, 1.82) is 0 Å². The van der Waals surface area contributed by atoms with E-state index in [1.54, 1.807) is 7.11 Å². The predicted octanol–water partition coefficient (Wildman–Crippen LogP) is 4.87. The first-order valence-electron chi connectivity index (χ1n) is 11.6. The molecule has 0 spiro atoms. The fourth-order valence-electron chi connectivity index (χ4n) is 4.98. The molecule has 0 unspecified atom stereocenters. The fraction of sp³-hybridized carbons (Fsp3) is 0.407. The van der Waals surface area contributed by atoms with Crippen LogP contribution in [0.15, 0.2) is 54.7 Å². The smallest absolute Gasteiger partial charge is 0.251 e. The maximum absolute atomic E-state index is 12.6. The van der Waals surface area contributed by atoms with Crippen LogP contribution < -0.4 is 4.74 Å². The molecular formula is C27H30N2O3. The van der Waals surface area contributed by atoms with Gasteiger partial charge in [-0.3, -0.25) is 9.78 Å². The van der Waals surface area contributed by atoms with E-state index in [0.29, 0.717) is 5.92 Å². The van der Waals surface area contributed by atoms with Crippen molar-refractivity contribution >= 4 is 16.8 Å². The van der Waals surface area contributed by atoms with Gasteiger partial charge in [-0.15, -0.1) is 0 Å². The van der Waals surface area contributed by atoms with Crippen molar-refractivity contribution in [1.82, 2.24) is 9.88 Å². The average Bonchev–Trinajstić information content (AvgIpc) is 3.39. The molecule has 0 N–H and O–H groups in total. The molecule has 0 bridgehead atoms. The Balaban J connectivity index is 1.23. The van der Waals surface area contributed by atoms with E-state index < -0.39 is 0 Å². The van der Waals surface area contributed by atoms with E-state index in [4.69, 9.17) is 9.47 Å². The quantitative estimate of drug-likeness (QED) is 0.579. The van der Waals surface area contributed by atoms with Crippen LogP contribution in [-0.4, -0.2) is 48.7 Å². The highest BCUT2D eigenvalue weighted by atomic mass is 16.5. The third-order valence-electron chi connectivity index (χ3n) is 6.84. The first-order valence-corrected chi connectivity index (χ1v) is 11.6. The standard InChI is InChI=1S/C27H30N2O3/c1-31-26-17-22-4-2-12-28-24(22)18-23(26)21-8-6-19(7-9-21)16-20-10-13-29(14-11-20)27(30)25-5-3-15-32-25/h2,4,6-9,12,17-18,20,25H,3,5,10-11,13-16H2,1H3/t25-/m1/s1. The Morgan fingerprint density at radius 1 is 1.12 bits per heavy atom. The van der Waals surface area contributed by atoms with Gasteiger partial charge in [-0.2, -0.15) is 0 Å². The number of carbonyl (C=O) groups excluding carboxylic acids is 1. The van der Waals surface area contributed by atoms with Gasteiger partial charge in [0.05, 0.1) is 12.6 Å². The normalized spacial score (nSPS) is 19.4. The summed E-state index contributed by atoms with van der Waals surface area (Å²) < 4.78 is 11.2. The third-order valence-corrected chi connectivity index (χ3v) is 6.84. The molecule has 32 heavy (non-hydrogen) atoms. The molecular weight excluding hydrogens is 400 g/mol. The summed E-state index contributed by atoms with van der Waals surface area (Å²) in [7, 11) is 1.71. The lowest BCUT2D eigenvalue weighted by Gasteiger charge is -2.33. The molecule has 2 aliphatic rings. The Bertz CT molecular complexity index is 1080. The molecule has 3 heterocycles. The molecule has 5 rings (SSSR count). The Kier molecular flexibility index (Phi) is 6.08. The first-order chi connectivity index (χ1) is 15.7. The van der Waals surface area contributed by atoms with Crippen LogP contribution in [0.2, 0.25) is 0 Å². The van der Waals surface area contributed by atoms with Gasteiger partial charge in [0.25, 0.3) is 5.91 Å². The second kappa shape index (κ2) is 9.29. The van der Waals surface area contributed by atoms with Crippen LogP contribution >= 0.6 is 0 Å². The van der Waals surface area contributed by atoms with E-state index in [1.165, 1.54) is 5.56 Å². The largest absolute Gasteiger partial charge is 0.496 e. The van der Waals surface area contributed by atoms with Gasteiger partial charge in [0, 0.05) is 36.8 Å². The fourth-order valence-corrected chi connectivity index (χ4v) is 4.98. The number of benzene rings is 2. The van der Waals surface area contributed by atoms with Crippen molar-refractivity contribution in [2.75, 3.05) is 26.8 Å². The highest BCUT2D eigenvalue weighted by Crippen LogP contribution is 2.34. The van der Waals surface area contributed by atoms with E-state index in [-0.39, 0.29) is 12.0 Å². The van der Waals surface area contributed by atoms with E-state index in [0.717, 1.165) is 79.6 Å². The minimum Gasteiger partial charge on any atom is -0.496 e. The minimum absolute atomic E-state index is 0.193. The third kappa shape index (κ3) is 4.35. The topological polar surface area (TPSA) is 51.7 Å². The highest BCUT2D eigenvalue weighted by Gasteiger charge is 2.30. The summed E-state index contributed by atoms with van der Waals surface area (Å²) in [6.45, 7) is 2.43. The first kappa shape index (κ1) is 21.0. The van der Waals surface area contributed by atoms with Crippen molar-refractivity contribution in [2.45, 2.75) is 38.2 Å². The van der Waals surface area contributed by atoms with Gasteiger partial charge in [0.2, 0.25) is 0 Å². The number of methoxy groups -OCH3 is 1. The Morgan fingerprint density at radius 3 is 2.66 bits per heavy atom. The number of rotatable bonds is 5. The molecule has 3 aromatic rings. The van der Waals surface area contributed by atoms with Crippen LogP contribution in [0.5, 0.6) is 5.75 Å². The van der Waals surface area contributed by atoms with Crippen molar-refractivity contribution in [3.63, 3.8) is 0 Å². The number of fused-ring (bicyclic) bond motifs is 1. The molecule has 1 atom stereocenters. The molecule has 2 fully saturated rings. The molecule has 2 saturated heterocycles. The van der Waals surface area contributed by atoms with Gasteiger partial charge < -0.3 is 14.4 Å². The maximum atomic E-state index is 12.6. The Labute approximate surface area is 189 Å². The number of pyridine rings is 1. The number of hydrogen-bond donors (Lipinski definition) is 0. The molecule has 0 radical (unpaired) electrons. The molecule has 0 saturated carbocycles. The second-order valence-electron chi connectivity index (χ2n) is 8.92. The van der Waals surface area contributed by atoms with Crippen molar-refractivity contribution < 1.29 is 14.3 Å². The molecule has 1 aromatic heterocycles. The summed E-state index contributed by atoms with van der Waals surface area (Å²) in [4.78, 5) is 19.1. The number of amides is 1. The van der Waals surface area contributed by atoms with Crippen molar-refractivity contribution in [3.8, 4) is 16.9 Å². The van der Waals surface area contributed by atoms with Gasteiger partial charge in [-0.25, -0.2) is 0 Å². The number of nitrogens with zero attached hydrogens (tertiary/aromatic N) is 2. The Hall–Kier alpha value is -2.92. The van der Waals surface area contributed by atoms with Gasteiger partial charge in [-0.05, 0) is 67.3 Å². The molecule has 0 aliphatic carbocycles. The van der Waals surface area contributed by atoms with Crippen molar-refractivity contribution in [2.24, 2.45) is 5.92 Å². The van der Waals surface area contributed by atoms with E-state index in [9.17, 15) is 4.79 Å².